The van der Waals surface area contributed by atoms with Gasteiger partial charge < -0.3 is 15.0 Å². The highest BCUT2D eigenvalue weighted by Crippen LogP contribution is 2.13. The van der Waals surface area contributed by atoms with Crippen molar-refractivity contribution in [2.75, 3.05) is 33.3 Å². The molecule has 0 aromatic carbocycles. The third-order valence-corrected chi connectivity index (χ3v) is 2.97. The molecule has 0 amide bonds. The Bertz CT molecular complexity index is 218. The summed E-state index contributed by atoms with van der Waals surface area (Å²) in [7, 11) is 2.16. The van der Waals surface area contributed by atoms with E-state index in [1.165, 1.54) is 5.57 Å². The van der Waals surface area contributed by atoms with Crippen molar-refractivity contribution >= 4 is 0 Å². The molecule has 0 aromatic rings. The predicted molar refractivity (Wildman–Crippen MR) is 68.7 cm³/mol. The lowest BCUT2D eigenvalue weighted by Crippen LogP contribution is -2.51. The van der Waals surface area contributed by atoms with Gasteiger partial charge in [-0.2, -0.15) is 0 Å². The summed E-state index contributed by atoms with van der Waals surface area (Å²) in [6.45, 7) is 12.3. The van der Waals surface area contributed by atoms with E-state index in [9.17, 15) is 0 Å². The molecule has 0 radical (unpaired) electrons. The van der Waals surface area contributed by atoms with Crippen molar-refractivity contribution in [2.45, 2.75) is 38.8 Å². The van der Waals surface area contributed by atoms with Crippen LogP contribution in [0, 0.1) is 0 Å². The predicted octanol–water partition coefficient (Wildman–Crippen LogP) is 1.65. The zero-order valence-corrected chi connectivity index (χ0v) is 11.0. The van der Waals surface area contributed by atoms with Crippen molar-refractivity contribution in [3.63, 3.8) is 0 Å². The molecule has 1 aliphatic heterocycles. The number of nitrogens with one attached hydrogen (secondary N) is 1. The summed E-state index contributed by atoms with van der Waals surface area (Å²) in [6.07, 6.45) is 2.48. The summed E-state index contributed by atoms with van der Waals surface area (Å²) in [4.78, 5) is 2.34. The lowest BCUT2D eigenvalue weighted by Gasteiger charge is -2.35. The number of hydrogen-bond donors (Lipinski definition) is 1. The first-order chi connectivity index (χ1) is 7.63. The molecule has 1 rings (SSSR count). The Kier molecular flexibility index (Phi) is 6.03. The Hall–Kier alpha value is -0.380. The minimum atomic E-state index is 0.307. The van der Waals surface area contributed by atoms with Crippen molar-refractivity contribution in [3.8, 4) is 0 Å². The highest BCUT2D eigenvalue weighted by molar-refractivity contribution is 4.96. The molecule has 3 nitrogen and oxygen atoms in total. The van der Waals surface area contributed by atoms with E-state index in [4.69, 9.17) is 4.74 Å². The van der Waals surface area contributed by atoms with Crippen LogP contribution in [0.5, 0.6) is 0 Å². The van der Waals surface area contributed by atoms with Gasteiger partial charge in [-0.3, -0.25) is 0 Å². The fourth-order valence-electron chi connectivity index (χ4n) is 2.09. The first-order valence-corrected chi connectivity index (χ1v) is 6.31. The number of ether oxygens (including phenoxy) is 1. The van der Waals surface area contributed by atoms with Gasteiger partial charge in [0.25, 0.3) is 0 Å². The molecule has 16 heavy (non-hydrogen) atoms. The lowest BCUT2D eigenvalue weighted by atomic mass is 10.0. The van der Waals surface area contributed by atoms with Crippen LogP contribution in [0.2, 0.25) is 0 Å². The lowest BCUT2D eigenvalue weighted by molar-refractivity contribution is -0.0383. The van der Waals surface area contributed by atoms with Crippen LogP contribution in [-0.2, 0) is 4.74 Å². The average molecular weight is 226 g/mol. The van der Waals surface area contributed by atoms with Crippen LogP contribution < -0.4 is 5.32 Å². The molecular formula is C13H26N2O. The van der Waals surface area contributed by atoms with Crippen LogP contribution in [0.3, 0.4) is 0 Å². The number of rotatable bonds is 6. The molecule has 2 unspecified atom stereocenters. The summed E-state index contributed by atoms with van der Waals surface area (Å²) in [5, 5.41) is 3.58. The van der Waals surface area contributed by atoms with Crippen molar-refractivity contribution in [1.82, 2.24) is 10.2 Å². The highest BCUT2D eigenvalue weighted by Gasteiger charge is 2.26. The molecule has 1 aliphatic rings. The normalized spacial score (nSPS) is 24.3. The molecule has 1 N–H and O–H groups in total. The van der Waals surface area contributed by atoms with E-state index in [2.05, 4.69) is 37.7 Å². The van der Waals surface area contributed by atoms with Crippen molar-refractivity contribution in [3.05, 3.63) is 12.2 Å². The third-order valence-electron chi connectivity index (χ3n) is 2.97. The van der Waals surface area contributed by atoms with Crippen LogP contribution in [0.4, 0.5) is 0 Å². The van der Waals surface area contributed by atoms with Crippen LogP contribution in [-0.4, -0.2) is 50.3 Å². The second kappa shape index (κ2) is 7.05. The zero-order chi connectivity index (χ0) is 12.0. The van der Waals surface area contributed by atoms with Crippen LogP contribution in [0.15, 0.2) is 12.2 Å². The Morgan fingerprint density at radius 1 is 1.62 bits per heavy atom. The van der Waals surface area contributed by atoms with Gasteiger partial charge >= 0.3 is 0 Å². The summed E-state index contributed by atoms with van der Waals surface area (Å²) in [6, 6.07) is 0.417. The van der Waals surface area contributed by atoms with E-state index < -0.39 is 0 Å². The Labute approximate surface area is 99.8 Å². The van der Waals surface area contributed by atoms with Crippen molar-refractivity contribution in [1.29, 1.82) is 0 Å². The standard InChI is InChI=1S/C13H26N2O/c1-5-6-14-12(9-11(2)3)13-10-15(4)7-8-16-13/h12-14H,2,5-10H2,1,3-4H3. The van der Waals surface area contributed by atoms with Gasteiger partial charge in [0.05, 0.1) is 12.7 Å². The van der Waals surface area contributed by atoms with Gasteiger partial charge in [0.2, 0.25) is 0 Å². The van der Waals surface area contributed by atoms with E-state index in [0.717, 1.165) is 39.1 Å². The zero-order valence-electron chi connectivity index (χ0n) is 11.0. The second-order valence-corrected chi connectivity index (χ2v) is 4.89. The first kappa shape index (κ1) is 13.7. The molecule has 0 aliphatic carbocycles. The summed E-state index contributed by atoms with van der Waals surface area (Å²) in [5.41, 5.74) is 1.23. The summed E-state index contributed by atoms with van der Waals surface area (Å²) >= 11 is 0. The number of morpholine rings is 1. The largest absolute Gasteiger partial charge is 0.374 e. The minimum absolute atomic E-state index is 0.307. The van der Waals surface area contributed by atoms with Gasteiger partial charge in [-0.05, 0) is 33.4 Å². The van der Waals surface area contributed by atoms with Crippen molar-refractivity contribution in [2.24, 2.45) is 0 Å². The number of nitrogens with zero attached hydrogens (tertiary/aromatic N) is 1. The smallest absolute Gasteiger partial charge is 0.0858 e. The van der Waals surface area contributed by atoms with Crippen molar-refractivity contribution < 1.29 is 4.74 Å². The van der Waals surface area contributed by atoms with Gasteiger partial charge in [-0.25, -0.2) is 0 Å². The topological polar surface area (TPSA) is 24.5 Å². The average Bonchev–Trinajstić information content (AvgIpc) is 2.23. The fourth-order valence-corrected chi connectivity index (χ4v) is 2.09. The van der Waals surface area contributed by atoms with Gasteiger partial charge in [-0.15, -0.1) is 6.58 Å². The Morgan fingerprint density at radius 2 is 2.38 bits per heavy atom. The van der Waals surface area contributed by atoms with E-state index >= 15 is 0 Å². The van der Waals surface area contributed by atoms with Gasteiger partial charge in [0.1, 0.15) is 0 Å². The van der Waals surface area contributed by atoms with Crippen LogP contribution >= 0.6 is 0 Å². The number of hydrogen-bond acceptors (Lipinski definition) is 3. The fraction of sp³-hybridized carbons (Fsp3) is 0.846. The van der Waals surface area contributed by atoms with E-state index in [-0.39, 0.29) is 0 Å². The summed E-state index contributed by atoms with van der Waals surface area (Å²) < 4.78 is 5.86. The SMILES string of the molecule is C=C(C)CC(NCCC)C1CN(C)CCO1. The molecule has 94 valence electrons. The van der Waals surface area contributed by atoms with Crippen LogP contribution in [0.25, 0.3) is 0 Å². The minimum Gasteiger partial charge on any atom is -0.374 e. The van der Waals surface area contributed by atoms with Gasteiger partial charge in [-0.1, -0.05) is 12.5 Å². The first-order valence-electron chi connectivity index (χ1n) is 6.31. The van der Waals surface area contributed by atoms with E-state index in [0.29, 0.717) is 12.1 Å². The number of likely N-dealkylation sites (N-methyl/N-ethyl adjacent to an activating group) is 1. The van der Waals surface area contributed by atoms with Gasteiger partial charge in [0.15, 0.2) is 0 Å². The molecule has 0 saturated carbocycles. The molecule has 1 fully saturated rings. The molecule has 0 spiro atoms. The maximum absolute atomic E-state index is 5.86. The molecule has 3 heteroatoms. The maximum Gasteiger partial charge on any atom is 0.0858 e. The highest BCUT2D eigenvalue weighted by atomic mass is 16.5. The monoisotopic (exact) mass is 226 g/mol. The Balaban J connectivity index is 2.48. The molecule has 0 bridgehead atoms. The van der Waals surface area contributed by atoms with Gasteiger partial charge in [0, 0.05) is 19.1 Å². The quantitative estimate of drug-likeness (QED) is 0.697. The molecule has 2 atom stereocenters. The second-order valence-electron chi connectivity index (χ2n) is 4.89. The molecule has 1 heterocycles. The van der Waals surface area contributed by atoms with E-state index in [1.54, 1.807) is 0 Å². The molecule has 0 aromatic heterocycles. The molecule has 1 saturated heterocycles. The van der Waals surface area contributed by atoms with Crippen LogP contribution in [0.1, 0.15) is 26.7 Å². The van der Waals surface area contributed by atoms with E-state index in [1.807, 2.05) is 0 Å². The third kappa shape index (κ3) is 4.64. The summed E-state index contributed by atoms with van der Waals surface area (Å²) in [5.74, 6) is 0. The Morgan fingerprint density at radius 3 is 2.94 bits per heavy atom. The molecular weight excluding hydrogens is 200 g/mol. The maximum atomic E-state index is 5.86.